The summed E-state index contributed by atoms with van der Waals surface area (Å²) in [6.45, 7) is -0.448. The van der Waals surface area contributed by atoms with Crippen molar-refractivity contribution < 1.29 is 29.6 Å². The Morgan fingerprint density at radius 2 is 1.96 bits per heavy atom. The zero-order valence-electron chi connectivity index (χ0n) is 14.1. The second-order valence-corrected chi connectivity index (χ2v) is 5.92. The number of nitrogens with one attached hydrogen (secondary N) is 1. The standard InChI is InChI=1S/C17H19N3O7/c21-8-11-13(22)14(23)15(27-11)20-7-6-12(18-16(20)24)19-17(25)26-9-10-4-2-1-3-5-10/h1-7,11,13-15,21-23H,8-9H2,(H,18,19,24,25)/t11-,13-,14-,15-/m1/s1. The predicted molar refractivity (Wildman–Crippen MR) is 91.8 cm³/mol. The molecule has 1 aliphatic rings. The molecular weight excluding hydrogens is 358 g/mol. The summed E-state index contributed by atoms with van der Waals surface area (Å²) in [5.74, 6) is -0.0407. The van der Waals surface area contributed by atoms with E-state index in [-0.39, 0.29) is 12.4 Å². The van der Waals surface area contributed by atoms with Gasteiger partial charge in [-0.3, -0.25) is 9.88 Å². The van der Waals surface area contributed by atoms with Crippen LogP contribution in [0.1, 0.15) is 11.8 Å². The van der Waals surface area contributed by atoms with Crippen molar-refractivity contribution in [3.8, 4) is 0 Å². The van der Waals surface area contributed by atoms with Crippen molar-refractivity contribution in [2.75, 3.05) is 11.9 Å². The van der Waals surface area contributed by atoms with Crippen LogP contribution in [0, 0.1) is 0 Å². The molecule has 1 fully saturated rings. The third kappa shape index (κ3) is 4.31. The highest BCUT2D eigenvalue weighted by Crippen LogP contribution is 2.28. The second-order valence-electron chi connectivity index (χ2n) is 5.92. The number of aromatic nitrogens is 2. The van der Waals surface area contributed by atoms with Crippen LogP contribution in [-0.2, 0) is 16.1 Å². The number of aliphatic hydroxyl groups excluding tert-OH is 3. The molecule has 3 rings (SSSR count). The number of amides is 1. The maximum atomic E-state index is 12.2. The van der Waals surface area contributed by atoms with Gasteiger partial charge in [-0.15, -0.1) is 0 Å². The molecule has 0 unspecified atom stereocenters. The molecule has 10 heteroatoms. The fraction of sp³-hybridized carbons (Fsp3) is 0.353. The topological polar surface area (TPSA) is 143 Å². The smallest absolute Gasteiger partial charge is 0.413 e. The zero-order valence-corrected chi connectivity index (χ0v) is 14.1. The number of carbonyl (C=O) groups excluding carboxylic acids is 1. The predicted octanol–water partition coefficient (Wildman–Crippen LogP) is -0.397. The lowest BCUT2D eigenvalue weighted by atomic mass is 10.1. The quantitative estimate of drug-likeness (QED) is 0.551. The van der Waals surface area contributed by atoms with E-state index >= 15 is 0 Å². The fourth-order valence-electron chi connectivity index (χ4n) is 2.65. The van der Waals surface area contributed by atoms with E-state index in [4.69, 9.17) is 14.6 Å². The maximum absolute atomic E-state index is 12.2. The third-order valence-corrected chi connectivity index (χ3v) is 4.06. The van der Waals surface area contributed by atoms with Crippen LogP contribution in [0.4, 0.5) is 10.6 Å². The van der Waals surface area contributed by atoms with Gasteiger partial charge in [-0.25, -0.2) is 9.59 Å². The van der Waals surface area contributed by atoms with Crippen LogP contribution < -0.4 is 11.0 Å². The van der Waals surface area contributed by atoms with Gasteiger partial charge in [0.25, 0.3) is 0 Å². The van der Waals surface area contributed by atoms with Crippen LogP contribution in [0.5, 0.6) is 0 Å². The first-order valence-corrected chi connectivity index (χ1v) is 8.19. The molecule has 0 saturated carbocycles. The Bertz CT molecular complexity index is 842. The summed E-state index contributed by atoms with van der Waals surface area (Å²) < 4.78 is 11.3. The molecule has 1 aromatic heterocycles. The summed E-state index contributed by atoms with van der Waals surface area (Å²) in [6.07, 6.45) is -4.48. The monoisotopic (exact) mass is 377 g/mol. The average molecular weight is 377 g/mol. The highest BCUT2D eigenvalue weighted by Gasteiger charge is 2.43. The largest absolute Gasteiger partial charge is 0.444 e. The van der Waals surface area contributed by atoms with Crippen molar-refractivity contribution in [2.24, 2.45) is 0 Å². The first-order valence-electron chi connectivity index (χ1n) is 8.19. The van der Waals surface area contributed by atoms with Gasteiger partial charge >= 0.3 is 11.8 Å². The number of benzene rings is 1. The summed E-state index contributed by atoms with van der Waals surface area (Å²) >= 11 is 0. The SMILES string of the molecule is O=C(Nc1ccn([C@@H]2O[C@H](CO)[C@@H](O)[C@H]2O)c(=O)n1)OCc1ccccc1. The van der Waals surface area contributed by atoms with E-state index in [0.717, 1.165) is 10.1 Å². The molecule has 27 heavy (non-hydrogen) atoms. The normalized spacial score (nSPS) is 24.6. The molecule has 0 spiro atoms. The van der Waals surface area contributed by atoms with E-state index in [1.807, 2.05) is 18.2 Å². The van der Waals surface area contributed by atoms with Crippen molar-refractivity contribution in [3.05, 3.63) is 58.6 Å². The van der Waals surface area contributed by atoms with E-state index < -0.39 is 42.9 Å². The lowest BCUT2D eigenvalue weighted by Crippen LogP contribution is -2.36. The van der Waals surface area contributed by atoms with E-state index in [0.29, 0.717) is 0 Å². The summed E-state index contributed by atoms with van der Waals surface area (Å²) in [6, 6.07) is 10.4. The van der Waals surface area contributed by atoms with Crippen LogP contribution in [0.3, 0.4) is 0 Å². The number of carbonyl (C=O) groups is 1. The van der Waals surface area contributed by atoms with Crippen LogP contribution in [0.2, 0.25) is 0 Å². The second kappa shape index (κ2) is 8.27. The Morgan fingerprint density at radius 1 is 1.22 bits per heavy atom. The lowest BCUT2D eigenvalue weighted by Gasteiger charge is -2.17. The Balaban J connectivity index is 1.63. The molecule has 1 aromatic carbocycles. The third-order valence-electron chi connectivity index (χ3n) is 4.06. The van der Waals surface area contributed by atoms with E-state index in [2.05, 4.69) is 10.3 Å². The number of anilines is 1. The first kappa shape index (κ1) is 19.0. The van der Waals surface area contributed by atoms with Crippen molar-refractivity contribution in [1.82, 2.24) is 9.55 Å². The summed E-state index contributed by atoms with van der Waals surface area (Å²) in [5, 5.41) is 31.2. The van der Waals surface area contributed by atoms with Gasteiger partial charge in [0.05, 0.1) is 6.61 Å². The van der Waals surface area contributed by atoms with E-state index in [1.165, 1.54) is 12.3 Å². The molecule has 10 nitrogen and oxygen atoms in total. The molecular formula is C17H19N3O7. The van der Waals surface area contributed by atoms with Gasteiger partial charge in [-0.1, -0.05) is 30.3 Å². The van der Waals surface area contributed by atoms with Gasteiger partial charge in [0, 0.05) is 6.20 Å². The Morgan fingerprint density at radius 3 is 2.59 bits per heavy atom. The van der Waals surface area contributed by atoms with Crippen molar-refractivity contribution in [1.29, 1.82) is 0 Å². The minimum atomic E-state index is -1.41. The maximum Gasteiger partial charge on any atom is 0.413 e. The fourth-order valence-corrected chi connectivity index (χ4v) is 2.65. The van der Waals surface area contributed by atoms with Crippen LogP contribution in [-0.4, -0.2) is 55.9 Å². The van der Waals surface area contributed by atoms with Crippen molar-refractivity contribution in [3.63, 3.8) is 0 Å². The minimum absolute atomic E-state index is 0.0407. The first-order chi connectivity index (χ1) is 13.0. The van der Waals surface area contributed by atoms with Crippen LogP contribution in [0.15, 0.2) is 47.4 Å². The molecule has 4 atom stereocenters. The lowest BCUT2D eigenvalue weighted by molar-refractivity contribution is -0.0549. The number of ether oxygens (including phenoxy) is 2. The number of nitrogens with zero attached hydrogens (tertiary/aromatic N) is 2. The van der Waals surface area contributed by atoms with Crippen LogP contribution >= 0.6 is 0 Å². The molecule has 2 aromatic rings. The number of rotatable bonds is 5. The van der Waals surface area contributed by atoms with Gasteiger partial charge in [0.15, 0.2) is 6.23 Å². The number of hydrogen-bond acceptors (Lipinski definition) is 8. The summed E-state index contributed by atoms with van der Waals surface area (Å²) in [4.78, 5) is 27.7. The molecule has 4 N–H and O–H groups in total. The zero-order chi connectivity index (χ0) is 19.4. The van der Waals surface area contributed by atoms with E-state index in [1.54, 1.807) is 12.1 Å². The highest BCUT2D eigenvalue weighted by atomic mass is 16.6. The Labute approximate surface area is 153 Å². The highest BCUT2D eigenvalue weighted by molar-refractivity contribution is 5.83. The molecule has 1 saturated heterocycles. The molecule has 144 valence electrons. The Hall–Kier alpha value is -2.79. The number of hydrogen-bond donors (Lipinski definition) is 4. The van der Waals surface area contributed by atoms with Gasteiger partial charge in [0.2, 0.25) is 0 Å². The minimum Gasteiger partial charge on any atom is -0.444 e. The molecule has 0 radical (unpaired) electrons. The molecule has 0 aliphatic carbocycles. The van der Waals surface area contributed by atoms with Gasteiger partial charge in [-0.05, 0) is 11.6 Å². The van der Waals surface area contributed by atoms with Crippen molar-refractivity contribution in [2.45, 2.75) is 31.1 Å². The van der Waals surface area contributed by atoms with Gasteiger partial charge in [-0.2, -0.15) is 4.98 Å². The summed E-state index contributed by atoms with van der Waals surface area (Å²) in [7, 11) is 0. The van der Waals surface area contributed by atoms with Crippen LogP contribution in [0.25, 0.3) is 0 Å². The summed E-state index contributed by atoms with van der Waals surface area (Å²) in [5.41, 5.74) is -0.00825. The van der Waals surface area contributed by atoms with Gasteiger partial charge < -0.3 is 24.8 Å². The molecule has 2 heterocycles. The Kier molecular flexibility index (Phi) is 5.81. The number of aliphatic hydroxyl groups is 3. The van der Waals surface area contributed by atoms with E-state index in [9.17, 15) is 19.8 Å². The molecule has 1 amide bonds. The molecule has 1 aliphatic heterocycles. The average Bonchev–Trinajstić information content (AvgIpc) is 2.95. The van der Waals surface area contributed by atoms with Gasteiger partial charge in [0.1, 0.15) is 30.7 Å². The van der Waals surface area contributed by atoms with Crippen molar-refractivity contribution >= 4 is 11.9 Å². The molecule has 0 bridgehead atoms.